The molecule has 2 fully saturated rings. The van der Waals surface area contributed by atoms with Crippen LogP contribution < -0.4 is 4.74 Å². The molecule has 0 aliphatic carbocycles. The molecule has 5 nitrogen and oxygen atoms in total. The van der Waals surface area contributed by atoms with E-state index in [4.69, 9.17) is 9.47 Å². The number of amides is 1. The van der Waals surface area contributed by atoms with Crippen molar-refractivity contribution in [2.24, 2.45) is 0 Å². The zero-order valence-electron chi connectivity index (χ0n) is 14.8. The quantitative estimate of drug-likeness (QED) is 0.849. The van der Waals surface area contributed by atoms with Crippen LogP contribution in [0, 0.1) is 0 Å². The van der Waals surface area contributed by atoms with Gasteiger partial charge in [0.25, 0.3) is 0 Å². The van der Waals surface area contributed by atoms with E-state index < -0.39 is 5.41 Å². The number of pyridine rings is 1. The van der Waals surface area contributed by atoms with Gasteiger partial charge >= 0.3 is 0 Å². The number of likely N-dealkylation sites (tertiary alicyclic amines) is 1. The van der Waals surface area contributed by atoms with Crippen LogP contribution in [0.2, 0.25) is 0 Å². The van der Waals surface area contributed by atoms with E-state index in [1.807, 2.05) is 41.3 Å². The number of carbonyl (C=O) groups excluding carboxylic acids is 1. The molecule has 3 heterocycles. The predicted octanol–water partition coefficient (Wildman–Crippen LogP) is 2.81. The Balaban J connectivity index is 1.50. The molecule has 4 rings (SSSR count). The van der Waals surface area contributed by atoms with Gasteiger partial charge in [0, 0.05) is 38.4 Å². The molecule has 0 bridgehead atoms. The number of carbonyl (C=O) groups is 1. The van der Waals surface area contributed by atoms with Crippen LogP contribution in [0.4, 0.5) is 0 Å². The smallest absolute Gasteiger partial charge is 0.233 e. The predicted molar refractivity (Wildman–Crippen MR) is 98.0 cm³/mol. The summed E-state index contributed by atoms with van der Waals surface area (Å²) in [4.78, 5) is 19.7. The SMILES string of the molecule is O=C(N1CCC(Oc2ccccn2)C1)C1(c2ccccc2)CCOCC1. The number of aromatic nitrogens is 1. The van der Waals surface area contributed by atoms with Crippen LogP contribution >= 0.6 is 0 Å². The zero-order valence-corrected chi connectivity index (χ0v) is 14.8. The van der Waals surface area contributed by atoms with Crippen LogP contribution in [0.15, 0.2) is 54.7 Å². The van der Waals surface area contributed by atoms with Crippen molar-refractivity contribution in [2.75, 3.05) is 26.3 Å². The Morgan fingerprint density at radius 3 is 2.62 bits per heavy atom. The molecule has 2 aliphatic rings. The molecule has 1 aromatic carbocycles. The summed E-state index contributed by atoms with van der Waals surface area (Å²) in [6.45, 7) is 2.60. The molecule has 136 valence electrons. The van der Waals surface area contributed by atoms with E-state index >= 15 is 0 Å². The van der Waals surface area contributed by atoms with E-state index in [0.29, 0.717) is 25.6 Å². The Hall–Kier alpha value is -2.40. The molecule has 1 amide bonds. The minimum absolute atomic E-state index is 0.00140. The zero-order chi connectivity index (χ0) is 17.8. The average molecular weight is 352 g/mol. The average Bonchev–Trinajstić information content (AvgIpc) is 3.18. The Kier molecular flexibility index (Phi) is 4.89. The van der Waals surface area contributed by atoms with E-state index in [9.17, 15) is 4.79 Å². The highest BCUT2D eigenvalue weighted by molar-refractivity contribution is 5.88. The molecule has 1 unspecified atom stereocenters. The molecule has 1 aromatic heterocycles. The molecular weight excluding hydrogens is 328 g/mol. The third kappa shape index (κ3) is 3.31. The largest absolute Gasteiger partial charge is 0.472 e. The molecule has 2 aliphatic heterocycles. The van der Waals surface area contributed by atoms with E-state index in [-0.39, 0.29) is 12.0 Å². The van der Waals surface area contributed by atoms with E-state index in [1.165, 1.54) is 0 Å². The number of hydrogen-bond donors (Lipinski definition) is 0. The van der Waals surface area contributed by atoms with Gasteiger partial charge in [0.05, 0.1) is 12.0 Å². The number of nitrogens with zero attached hydrogens (tertiary/aromatic N) is 2. The van der Waals surface area contributed by atoms with Gasteiger partial charge in [-0.05, 0) is 24.5 Å². The van der Waals surface area contributed by atoms with Gasteiger partial charge in [-0.3, -0.25) is 4.79 Å². The van der Waals surface area contributed by atoms with Crippen LogP contribution in [0.25, 0.3) is 0 Å². The maximum absolute atomic E-state index is 13.5. The van der Waals surface area contributed by atoms with Crippen molar-refractivity contribution in [2.45, 2.75) is 30.8 Å². The summed E-state index contributed by atoms with van der Waals surface area (Å²) in [7, 11) is 0. The number of ether oxygens (including phenoxy) is 2. The molecule has 0 saturated carbocycles. The van der Waals surface area contributed by atoms with Crippen molar-refractivity contribution in [3.8, 4) is 5.88 Å². The summed E-state index contributed by atoms with van der Waals surface area (Å²) < 4.78 is 11.5. The highest BCUT2D eigenvalue weighted by Crippen LogP contribution is 2.37. The maximum Gasteiger partial charge on any atom is 0.233 e. The molecule has 0 radical (unpaired) electrons. The Morgan fingerprint density at radius 1 is 1.12 bits per heavy atom. The second-order valence-corrected chi connectivity index (χ2v) is 7.01. The van der Waals surface area contributed by atoms with Gasteiger partial charge in [-0.1, -0.05) is 36.4 Å². The van der Waals surface area contributed by atoms with Gasteiger partial charge in [0.2, 0.25) is 11.8 Å². The standard InChI is InChI=1S/C21H24N2O3/c24-20(21(10-14-25-15-11-21)17-6-2-1-3-7-17)23-13-9-18(16-23)26-19-8-4-5-12-22-19/h1-8,12,18H,9-11,13-16H2. The molecule has 26 heavy (non-hydrogen) atoms. The summed E-state index contributed by atoms with van der Waals surface area (Å²) in [5.74, 6) is 0.828. The van der Waals surface area contributed by atoms with Crippen molar-refractivity contribution in [1.82, 2.24) is 9.88 Å². The molecule has 5 heteroatoms. The lowest BCUT2D eigenvalue weighted by Crippen LogP contribution is -2.49. The van der Waals surface area contributed by atoms with Gasteiger partial charge in [0.1, 0.15) is 6.10 Å². The summed E-state index contributed by atoms with van der Waals surface area (Å²) in [6.07, 6.45) is 4.03. The summed E-state index contributed by atoms with van der Waals surface area (Å²) in [5, 5.41) is 0. The minimum Gasteiger partial charge on any atom is -0.472 e. The normalized spacial score (nSPS) is 22.2. The highest BCUT2D eigenvalue weighted by atomic mass is 16.5. The lowest BCUT2D eigenvalue weighted by molar-refractivity contribution is -0.140. The molecule has 1 atom stereocenters. The topological polar surface area (TPSA) is 51.7 Å². The van der Waals surface area contributed by atoms with Gasteiger partial charge in [-0.25, -0.2) is 4.98 Å². The van der Waals surface area contributed by atoms with Crippen LogP contribution in [0.3, 0.4) is 0 Å². The van der Waals surface area contributed by atoms with Crippen molar-refractivity contribution in [1.29, 1.82) is 0 Å². The number of hydrogen-bond acceptors (Lipinski definition) is 4. The molecule has 2 aromatic rings. The Morgan fingerprint density at radius 2 is 1.88 bits per heavy atom. The third-order valence-corrected chi connectivity index (χ3v) is 5.44. The second kappa shape index (κ2) is 7.46. The summed E-state index contributed by atoms with van der Waals surface area (Å²) in [5.41, 5.74) is 0.627. The molecule has 0 spiro atoms. The van der Waals surface area contributed by atoms with E-state index in [1.54, 1.807) is 6.20 Å². The van der Waals surface area contributed by atoms with E-state index in [2.05, 4.69) is 17.1 Å². The summed E-state index contributed by atoms with van der Waals surface area (Å²) in [6, 6.07) is 15.8. The first kappa shape index (κ1) is 17.0. The first-order valence-corrected chi connectivity index (χ1v) is 9.28. The van der Waals surface area contributed by atoms with E-state index in [0.717, 1.165) is 31.4 Å². The lowest BCUT2D eigenvalue weighted by Gasteiger charge is -2.39. The third-order valence-electron chi connectivity index (χ3n) is 5.44. The lowest BCUT2D eigenvalue weighted by atomic mass is 9.73. The van der Waals surface area contributed by atoms with Gasteiger partial charge in [-0.15, -0.1) is 0 Å². The maximum atomic E-state index is 13.5. The second-order valence-electron chi connectivity index (χ2n) is 7.01. The fraction of sp³-hybridized carbons (Fsp3) is 0.429. The Bertz CT molecular complexity index is 729. The number of rotatable bonds is 4. The van der Waals surface area contributed by atoms with Gasteiger partial charge < -0.3 is 14.4 Å². The molecular formula is C21H24N2O3. The number of benzene rings is 1. The van der Waals surface area contributed by atoms with Crippen molar-refractivity contribution in [3.05, 3.63) is 60.3 Å². The monoisotopic (exact) mass is 352 g/mol. The van der Waals surface area contributed by atoms with Gasteiger partial charge in [-0.2, -0.15) is 0 Å². The minimum atomic E-state index is -0.473. The molecule has 2 saturated heterocycles. The van der Waals surface area contributed by atoms with Crippen LogP contribution in [0.1, 0.15) is 24.8 Å². The highest BCUT2D eigenvalue weighted by Gasteiger charge is 2.45. The van der Waals surface area contributed by atoms with Crippen molar-refractivity contribution in [3.63, 3.8) is 0 Å². The van der Waals surface area contributed by atoms with Crippen LogP contribution in [-0.2, 0) is 14.9 Å². The first-order chi connectivity index (χ1) is 12.8. The summed E-state index contributed by atoms with van der Waals surface area (Å²) >= 11 is 0. The fourth-order valence-corrected chi connectivity index (χ4v) is 4.00. The first-order valence-electron chi connectivity index (χ1n) is 9.28. The Labute approximate surface area is 153 Å². The van der Waals surface area contributed by atoms with Crippen LogP contribution in [0.5, 0.6) is 5.88 Å². The van der Waals surface area contributed by atoms with Crippen LogP contribution in [-0.4, -0.2) is 48.2 Å². The molecule has 0 N–H and O–H groups in total. The fourth-order valence-electron chi connectivity index (χ4n) is 4.00. The van der Waals surface area contributed by atoms with Crippen molar-refractivity contribution >= 4 is 5.91 Å². The van der Waals surface area contributed by atoms with Gasteiger partial charge in [0.15, 0.2) is 0 Å². The van der Waals surface area contributed by atoms with Crippen molar-refractivity contribution < 1.29 is 14.3 Å².